The number of hydrazine groups is 1. The Bertz CT molecular complexity index is 878. The maximum absolute atomic E-state index is 4.79. The SMILES string of the molecule is CC1=NC2=C(c3ccc(C)cc3)C(C)(Nc3ccccc3)NN2C=C1. The second-order valence-electron chi connectivity index (χ2n) is 6.73. The zero-order valence-electron chi connectivity index (χ0n) is 14.7. The minimum absolute atomic E-state index is 0.468. The van der Waals surface area contributed by atoms with E-state index in [4.69, 9.17) is 4.99 Å². The Balaban J connectivity index is 1.83. The van der Waals surface area contributed by atoms with Crippen LogP contribution < -0.4 is 10.7 Å². The molecule has 4 heteroatoms. The van der Waals surface area contributed by atoms with E-state index < -0.39 is 5.66 Å². The molecule has 0 saturated carbocycles. The number of aliphatic imine (C=N–C) groups is 1. The highest BCUT2D eigenvalue weighted by Crippen LogP contribution is 2.39. The Morgan fingerprint density at radius 1 is 1.00 bits per heavy atom. The van der Waals surface area contributed by atoms with Crippen LogP contribution in [0.25, 0.3) is 5.57 Å². The van der Waals surface area contributed by atoms with Crippen molar-refractivity contribution in [3.05, 3.63) is 83.8 Å². The third-order valence-corrected chi connectivity index (χ3v) is 4.55. The topological polar surface area (TPSA) is 39.7 Å². The summed E-state index contributed by atoms with van der Waals surface area (Å²) in [5.74, 6) is 0.940. The van der Waals surface area contributed by atoms with E-state index in [1.54, 1.807) is 0 Å². The first-order valence-electron chi connectivity index (χ1n) is 8.51. The van der Waals surface area contributed by atoms with Crippen LogP contribution in [-0.4, -0.2) is 16.4 Å². The van der Waals surface area contributed by atoms with Crippen LogP contribution in [0.3, 0.4) is 0 Å². The van der Waals surface area contributed by atoms with Gasteiger partial charge in [0.1, 0.15) is 5.66 Å². The van der Waals surface area contributed by atoms with Gasteiger partial charge in [0.2, 0.25) is 0 Å². The average molecular weight is 330 g/mol. The van der Waals surface area contributed by atoms with Crippen molar-refractivity contribution in [3.8, 4) is 0 Å². The summed E-state index contributed by atoms with van der Waals surface area (Å²) < 4.78 is 0. The molecule has 0 saturated heterocycles. The summed E-state index contributed by atoms with van der Waals surface area (Å²) in [6.45, 7) is 6.28. The van der Waals surface area contributed by atoms with Crippen molar-refractivity contribution in [1.29, 1.82) is 0 Å². The smallest absolute Gasteiger partial charge is 0.154 e. The molecule has 0 fully saturated rings. The van der Waals surface area contributed by atoms with Crippen LogP contribution >= 0.6 is 0 Å². The molecule has 4 nitrogen and oxygen atoms in total. The number of fused-ring (bicyclic) bond motifs is 1. The first kappa shape index (κ1) is 15.7. The highest BCUT2D eigenvalue weighted by molar-refractivity contribution is 5.96. The molecule has 1 unspecified atom stereocenters. The second kappa shape index (κ2) is 5.90. The van der Waals surface area contributed by atoms with Gasteiger partial charge in [0.05, 0.1) is 0 Å². The lowest BCUT2D eigenvalue weighted by atomic mass is 9.94. The number of rotatable bonds is 3. The molecule has 4 rings (SSSR count). The van der Waals surface area contributed by atoms with Gasteiger partial charge in [-0.2, -0.15) is 5.43 Å². The molecule has 2 aromatic carbocycles. The van der Waals surface area contributed by atoms with Crippen LogP contribution in [0.5, 0.6) is 0 Å². The lowest BCUT2D eigenvalue weighted by Crippen LogP contribution is -2.50. The molecule has 25 heavy (non-hydrogen) atoms. The number of allylic oxidation sites excluding steroid dienone is 1. The van der Waals surface area contributed by atoms with E-state index in [2.05, 4.69) is 61.0 Å². The maximum Gasteiger partial charge on any atom is 0.154 e. The maximum atomic E-state index is 4.79. The molecule has 2 aliphatic heterocycles. The summed E-state index contributed by atoms with van der Waals surface area (Å²) in [7, 11) is 0. The lowest BCUT2D eigenvalue weighted by molar-refractivity contribution is 0.300. The molecule has 0 aromatic heterocycles. The van der Waals surface area contributed by atoms with Crippen LogP contribution in [0.4, 0.5) is 5.69 Å². The molecule has 126 valence electrons. The molecule has 2 aromatic rings. The van der Waals surface area contributed by atoms with Crippen LogP contribution in [0, 0.1) is 6.92 Å². The second-order valence-corrected chi connectivity index (χ2v) is 6.73. The van der Waals surface area contributed by atoms with E-state index in [0.29, 0.717) is 0 Å². The number of para-hydroxylation sites is 1. The number of hydrogen-bond acceptors (Lipinski definition) is 4. The summed E-state index contributed by atoms with van der Waals surface area (Å²) in [5.41, 5.74) is 8.70. The van der Waals surface area contributed by atoms with Gasteiger partial charge in [-0.05, 0) is 44.5 Å². The first-order chi connectivity index (χ1) is 12.0. The van der Waals surface area contributed by atoms with Crippen molar-refractivity contribution in [3.63, 3.8) is 0 Å². The highest BCUT2D eigenvalue weighted by Gasteiger charge is 2.42. The molecule has 0 bridgehead atoms. The van der Waals surface area contributed by atoms with Crippen molar-refractivity contribution in [1.82, 2.24) is 10.4 Å². The number of nitrogens with zero attached hydrogens (tertiary/aromatic N) is 2. The zero-order chi connectivity index (χ0) is 17.4. The minimum Gasteiger partial charge on any atom is -0.362 e. The average Bonchev–Trinajstić information content (AvgIpc) is 2.88. The standard InChI is InChI=1S/C21H22N4/c1-15-9-11-17(12-10-15)19-20-22-16(2)13-14-25(20)24-21(19,3)23-18-7-5-4-6-8-18/h4-14,23-24H,1-3H3. The Morgan fingerprint density at radius 3 is 2.44 bits per heavy atom. The van der Waals surface area contributed by atoms with Gasteiger partial charge >= 0.3 is 0 Å². The largest absolute Gasteiger partial charge is 0.362 e. The summed E-state index contributed by atoms with van der Waals surface area (Å²) >= 11 is 0. The fourth-order valence-corrected chi connectivity index (χ4v) is 3.34. The number of hydrogen-bond donors (Lipinski definition) is 2. The Hall–Kier alpha value is -2.85. The number of aryl methyl sites for hydroxylation is 1. The van der Waals surface area contributed by atoms with Gasteiger partial charge < -0.3 is 5.32 Å². The van der Waals surface area contributed by atoms with E-state index in [1.807, 2.05) is 42.4 Å². The summed E-state index contributed by atoms with van der Waals surface area (Å²) in [4.78, 5) is 4.79. The van der Waals surface area contributed by atoms with Gasteiger partial charge in [0.15, 0.2) is 5.82 Å². The summed E-state index contributed by atoms with van der Waals surface area (Å²) in [6, 6.07) is 18.9. The Morgan fingerprint density at radius 2 is 1.72 bits per heavy atom. The van der Waals surface area contributed by atoms with E-state index >= 15 is 0 Å². The third kappa shape index (κ3) is 2.85. The molecular weight excluding hydrogens is 308 g/mol. The van der Waals surface area contributed by atoms with Crippen LogP contribution in [-0.2, 0) is 0 Å². The molecule has 2 heterocycles. The molecule has 0 amide bonds. The van der Waals surface area contributed by atoms with Crippen LogP contribution in [0.1, 0.15) is 25.0 Å². The fraction of sp³-hybridized carbons (Fsp3) is 0.190. The van der Waals surface area contributed by atoms with Gasteiger partial charge in [0.25, 0.3) is 0 Å². The molecule has 2 N–H and O–H groups in total. The lowest BCUT2D eigenvalue weighted by Gasteiger charge is -2.31. The van der Waals surface area contributed by atoms with E-state index in [-0.39, 0.29) is 0 Å². The third-order valence-electron chi connectivity index (χ3n) is 4.55. The molecule has 2 aliphatic rings. The van der Waals surface area contributed by atoms with Crippen molar-refractivity contribution in [2.75, 3.05) is 5.32 Å². The van der Waals surface area contributed by atoms with Crippen molar-refractivity contribution >= 4 is 17.0 Å². The van der Waals surface area contributed by atoms with Crippen molar-refractivity contribution in [2.45, 2.75) is 26.4 Å². The van der Waals surface area contributed by atoms with E-state index in [9.17, 15) is 0 Å². The molecule has 0 aliphatic carbocycles. The predicted molar refractivity (Wildman–Crippen MR) is 104 cm³/mol. The normalized spacial score (nSPS) is 22.0. The van der Waals surface area contributed by atoms with E-state index in [0.717, 1.165) is 28.4 Å². The monoisotopic (exact) mass is 330 g/mol. The van der Waals surface area contributed by atoms with Crippen molar-refractivity contribution < 1.29 is 0 Å². The highest BCUT2D eigenvalue weighted by atomic mass is 15.6. The molecule has 0 spiro atoms. The van der Waals surface area contributed by atoms with Gasteiger partial charge in [-0.3, -0.25) is 5.01 Å². The molecular formula is C21H22N4. The number of benzene rings is 2. The van der Waals surface area contributed by atoms with Crippen LogP contribution in [0.15, 0.2) is 77.7 Å². The Labute approximate surface area is 148 Å². The van der Waals surface area contributed by atoms with Gasteiger partial charge in [-0.15, -0.1) is 0 Å². The summed E-state index contributed by atoms with van der Waals surface area (Å²) in [5, 5.41) is 5.64. The van der Waals surface area contributed by atoms with Gasteiger partial charge in [0, 0.05) is 23.2 Å². The zero-order valence-corrected chi connectivity index (χ0v) is 14.7. The quantitative estimate of drug-likeness (QED) is 0.881. The minimum atomic E-state index is -0.468. The van der Waals surface area contributed by atoms with Crippen molar-refractivity contribution in [2.24, 2.45) is 4.99 Å². The molecule has 1 atom stereocenters. The Kier molecular flexibility index (Phi) is 3.70. The fourth-order valence-electron chi connectivity index (χ4n) is 3.34. The molecule has 0 radical (unpaired) electrons. The number of nitrogens with one attached hydrogen (secondary N) is 2. The van der Waals surface area contributed by atoms with Gasteiger partial charge in [-0.25, -0.2) is 4.99 Å². The first-order valence-corrected chi connectivity index (χ1v) is 8.51. The summed E-state index contributed by atoms with van der Waals surface area (Å²) in [6.07, 6.45) is 4.04. The van der Waals surface area contributed by atoms with Crippen LogP contribution in [0.2, 0.25) is 0 Å². The van der Waals surface area contributed by atoms with E-state index in [1.165, 1.54) is 5.56 Å². The predicted octanol–water partition coefficient (Wildman–Crippen LogP) is 4.30. The number of anilines is 1. The van der Waals surface area contributed by atoms with Gasteiger partial charge in [-0.1, -0.05) is 48.0 Å².